The van der Waals surface area contributed by atoms with E-state index < -0.39 is 5.97 Å². The lowest BCUT2D eigenvalue weighted by atomic mass is 9.99. The van der Waals surface area contributed by atoms with E-state index in [0.29, 0.717) is 17.7 Å². The summed E-state index contributed by atoms with van der Waals surface area (Å²) in [6, 6.07) is 15.1. The molecule has 0 aliphatic carbocycles. The van der Waals surface area contributed by atoms with Crippen molar-refractivity contribution in [1.82, 2.24) is 0 Å². The quantitative estimate of drug-likeness (QED) is 0.859. The van der Waals surface area contributed by atoms with Gasteiger partial charge in [0.05, 0.1) is 6.42 Å². The maximum atomic E-state index is 12.3. The van der Waals surface area contributed by atoms with E-state index in [2.05, 4.69) is 5.32 Å². The highest BCUT2D eigenvalue weighted by atomic mass is 16.4. The highest BCUT2D eigenvalue weighted by Crippen LogP contribution is 2.15. The van der Waals surface area contributed by atoms with Crippen LogP contribution in [0.5, 0.6) is 0 Å². The number of rotatable bonds is 6. The Kier molecular flexibility index (Phi) is 5.52. The van der Waals surface area contributed by atoms with Gasteiger partial charge in [0.15, 0.2) is 0 Å². The number of carboxylic acids is 1. The Hall–Kier alpha value is -2.62. The fraction of sp³-hybridized carbons (Fsp3) is 0.263. The Morgan fingerprint density at radius 3 is 2.43 bits per heavy atom. The Morgan fingerprint density at radius 1 is 1.09 bits per heavy atom. The molecule has 0 aliphatic heterocycles. The number of amides is 1. The lowest BCUT2D eigenvalue weighted by Crippen LogP contribution is -2.22. The molecule has 1 amide bonds. The molecule has 0 spiro atoms. The predicted molar refractivity (Wildman–Crippen MR) is 90.5 cm³/mol. The van der Waals surface area contributed by atoms with E-state index in [-0.39, 0.29) is 18.2 Å². The molecule has 1 atom stereocenters. The molecule has 0 saturated carbocycles. The standard InChI is InChI=1S/C19H21NO3/c1-13-6-8-15(9-7-13)10-14(2)19(23)20-17-5-3-4-16(11-17)12-18(21)22/h3-9,11,14H,10,12H2,1-2H3,(H,20,23)(H,21,22). The molecule has 0 heterocycles. The molecule has 1 unspecified atom stereocenters. The van der Waals surface area contributed by atoms with Crippen LogP contribution in [0.4, 0.5) is 5.69 Å². The van der Waals surface area contributed by atoms with Gasteiger partial charge in [-0.05, 0) is 36.6 Å². The minimum atomic E-state index is -0.888. The molecular weight excluding hydrogens is 290 g/mol. The van der Waals surface area contributed by atoms with E-state index >= 15 is 0 Å². The van der Waals surface area contributed by atoms with Gasteiger partial charge >= 0.3 is 5.97 Å². The first kappa shape index (κ1) is 16.7. The van der Waals surface area contributed by atoms with Gasteiger partial charge in [-0.1, -0.05) is 48.9 Å². The van der Waals surface area contributed by atoms with Crippen LogP contribution in [0.1, 0.15) is 23.6 Å². The molecule has 120 valence electrons. The molecule has 0 fully saturated rings. The molecule has 0 bridgehead atoms. The number of hydrogen-bond donors (Lipinski definition) is 2. The van der Waals surface area contributed by atoms with Gasteiger partial charge in [-0.25, -0.2) is 0 Å². The maximum Gasteiger partial charge on any atom is 0.307 e. The summed E-state index contributed by atoms with van der Waals surface area (Å²) in [6.07, 6.45) is 0.615. The molecular formula is C19H21NO3. The molecule has 4 heteroatoms. The van der Waals surface area contributed by atoms with Crippen molar-refractivity contribution in [3.8, 4) is 0 Å². The number of carboxylic acid groups (broad SMARTS) is 1. The number of nitrogens with one attached hydrogen (secondary N) is 1. The third-order valence-electron chi connectivity index (χ3n) is 3.66. The molecule has 0 saturated heterocycles. The summed E-state index contributed by atoms with van der Waals surface area (Å²) in [7, 11) is 0. The van der Waals surface area contributed by atoms with Crippen molar-refractivity contribution < 1.29 is 14.7 Å². The Bertz CT molecular complexity index is 692. The number of aryl methyl sites for hydroxylation is 1. The highest BCUT2D eigenvalue weighted by Gasteiger charge is 2.14. The fourth-order valence-corrected chi connectivity index (χ4v) is 2.37. The van der Waals surface area contributed by atoms with Gasteiger partial charge in [0.25, 0.3) is 0 Å². The van der Waals surface area contributed by atoms with Crippen LogP contribution in [0.3, 0.4) is 0 Å². The first-order valence-corrected chi connectivity index (χ1v) is 7.61. The first-order chi connectivity index (χ1) is 10.9. The largest absolute Gasteiger partial charge is 0.481 e. The Morgan fingerprint density at radius 2 is 1.78 bits per heavy atom. The van der Waals surface area contributed by atoms with Gasteiger partial charge < -0.3 is 10.4 Å². The average molecular weight is 311 g/mol. The van der Waals surface area contributed by atoms with Crippen LogP contribution >= 0.6 is 0 Å². The number of aliphatic carboxylic acids is 1. The minimum absolute atomic E-state index is 0.0529. The summed E-state index contributed by atoms with van der Waals surface area (Å²) in [4.78, 5) is 23.0. The van der Waals surface area contributed by atoms with Gasteiger partial charge in [0, 0.05) is 11.6 Å². The van der Waals surface area contributed by atoms with Gasteiger partial charge in [0.1, 0.15) is 0 Å². The van der Waals surface area contributed by atoms with Gasteiger partial charge in [-0.2, -0.15) is 0 Å². The average Bonchev–Trinajstić information content (AvgIpc) is 2.49. The third kappa shape index (κ3) is 5.25. The molecule has 2 N–H and O–H groups in total. The van der Waals surface area contributed by atoms with Crippen LogP contribution in [0.25, 0.3) is 0 Å². The number of anilines is 1. The fourth-order valence-electron chi connectivity index (χ4n) is 2.37. The van der Waals surface area contributed by atoms with E-state index in [1.807, 2.05) is 38.1 Å². The summed E-state index contributed by atoms with van der Waals surface area (Å²) < 4.78 is 0. The number of carbonyl (C=O) groups excluding carboxylic acids is 1. The Labute approximate surface area is 136 Å². The van der Waals surface area contributed by atoms with Gasteiger partial charge in [-0.3, -0.25) is 9.59 Å². The normalized spacial score (nSPS) is 11.7. The zero-order valence-electron chi connectivity index (χ0n) is 13.4. The summed E-state index contributed by atoms with van der Waals surface area (Å²) in [6.45, 7) is 3.92. The lowest BCUT2D eigenvalue weighted by Gasteiger charge is -2.13. The maximum absolute atomic E-state index is 12.3. The van der Waals surface area contributed by atoms with Crippen molar-refractivity contribution in [1.29, 1.82) is 0 Å². The van der Waals surface area contributed by atoms with E-state index in [4.69, 9.17) is 5.11 Å². The van der Waals surface area contributed by atoms with Crippen LogP contribution in [0, 0.1) is 12.8 Å². The van der Waals surface area contributed by atoms with E-state index in [0.717, 1.165) is 5.56 Å². The summed E-state index contributed by atoms with van der Waals surface area (Å²) in [5, 5.41) is 11.7. The van der Waals surface area contributed by atoms with Crippen molar-refractivity contribution in [3.05, 3.63) is 65.2 Å². The second-order valence-corrected chi connectivity index (χ2v) is 5.85. The summed E-state index contributed by atoms with van der Waals surface area (Å²) in [5.74, 6) is -1.12. The van der Waals surface area contributed by atoms with Crippen molar-refractivity contribution in [3.63, 3.8) is 0 Å². The van der Waals surface area contributed by atoms with Crippen LogP contribution in [-0.2, 0) is 22.4 Å². The molecule has 0 aliphatic rings. The zero-order chi connectivity index (χ0) is 16.8. The van der Waals surface area contributed by atoms with Crippen molar-refractivity contribution in [2.45, 2.75) is 26.7 Å². The third-order valence-corrected chi connectivity index (χ3v) is 3.66. The SMILES string of the molecule is Cc1ccc(CC(C)C(=O)Nc2cccc(CC(=O)O)c2)cc1. The molecule has 2 aromatic carbocycles. The highest BCUT2D eigenvalue weighted by molar-refractivity contribution is 5.92. The summed E-state index contributed by atoms with van der Waals surface area (Å²) in [5.41, 5.74) is 3.62. The molecule has 4 nitrogen and oxygen atoms in total. The van der Waals surface area contributed by atoms with Crippen LogP contribution < -0.4 is 5.32 Å². The van der Waals surface area contributed by atoms with Crippen molar-refractivity contribution in [2.75, 3.05) is 5.32 Å². The van der Waals surface area contributed by atoms with Crippen molar-refractivity contribution >= 4 is 17.6 Å². The topological polar surface area (TPSA) is 66.4 Å². The first-order valence-electron chi connectivity index (χ1n) is 7.61. The number of carbonyl (C=O) groups is 2. The van der Waals surface area contributed by atoms with E-state index in [1.165, 1.54) is 5.56 Å². The van der Waals surface area contributed by atoms with Crippen LogP contribution in [0.2, 0.25) is 0 Å². The van der Waals surface area contributed by atoms with Crippen LogP contribution in [-0.4, -0.2) is 17.0 Å². The summed E-state index contributed by atoms with van der Waals surface area (Å²) >= 11 is 0. The molecule has 0 radical (unpaired) electrons. The smallest absolute Gasteiger partial charge is 0.307 e. The van der Waals surface area contributed by atoms with E-state index in [1.54, 1.807) is 24.3 Å². The van der Waals surface area contributed by atoms with Gasteiger partial charge in [-0.15, -0.1) is 0 Å². The van der Waals surface area contributed by atoms with E-state index in [9.17, 15) is 9.59 Å². The zero-order valence-corrected chi connectivity index (χ0v) is 13.4. The van der Waals surface area contributed by atoms with Crippen molar-refractivity contribution in [2.24, 2.45) is 5.92 Å². The monoisotopic (exact) mass is 311 g/mol. The number of hydrogen-bond acceptors (Lipinski definition) is 2. The lowest BCUT2D eigenvalue weighted by molar-refractivity contribution is -0.136. The Balaban J connectivity index is 1.97. The number of benzene rings is 2. The molecule has 0 aromatic heterocycles. The molecule has 2 rings (SSSR count). The predicted octanol–water partition coefficient (Wildman–Crippen LogP) is 3.44. The van der Waals surface area contributed by atoms with Gasteiger partial charge in [0.2, 0.25) is 5.91 Å². The second kappa shape index (κ2) is 7.58. The van der Waals surface area contributed by atoms with Crippen LogP contribution in [0.15, 0.2) is 48.5 Å². The minimum Gasteiger partial charge on any atom is -0.481 e. The second-order valence-electron chi connectivity index (χ2n) is 5.85. The molecule has 2 aromatic rings. The molecule has 23 heavy (non-hydrogen) atoms.